The van der Waals surface area contributed by atoms with Crippen molar-refractivity contribution in [3.8, 4) is 0 Å². The number of anilines is 1. The molecule has 22 heavy (non-hydrogen) atoms. The van der Waals surface area contributed by atoms with Crippen LogP contribution in [0.4, 0.5) is 5.69 Å². The van der Waals surface area contributed by atoms with E-state index in [-0.39, 0.29) is 11.2 Å². The summed E-state index contributed by atoms with van der Waals surface area (Å²) in [4.78, 5) is 14.7. The molecular formula is C15H20N2O3S2. The quantitative estimate of drug-likeness (QED) is 0.829. The molecule has 2 aliphatic rings. The molecule has 0 radical (unpaired) electrons. The average molecular weight is 340 g/mol. The van der Waals surface area contributed by atoms with Gasteiger partial charge in [0.25, 0.3) is 0 Å². The maximum absolute atomic E-state index is 12.7. The lowest BCUT2D eigenvalue weighted by molar-refractivity contribution is -0.116. The van der Waals surface area contributed by atoms with E-state index in [0.29, 0.717) is 24.5 Å². The molecule has 1 amide bonds. The van der Waals surface area contributed by atoms with Gasteiger partial charge in [0.1, 0.15) is 0 Å². The Balaban J connectivity index is 2.00. The van der Waals surface area contributed by atoms with Crippen molar-refractivity contribution in [1.29, 1.82) is 0 Å². The van der Waals surface area contributed by atoms with Gasteiger partial charge >= 0.3 is 0 Å². The molecule has 0 aliphatic carbocycles. The van der Waals surface area contributed by atoms with Crippen molar-refractivity contribution in [3.05, 3.63) is 18.2 Å². The fourth-order valence-electron chi connectivity index (χ4n) is 2.96. The van der Waals surface area contributed by atoms with Gasteiger partial charge in [0.15, 0.2) is 0 Å². The number of nitrogens with zero attached hydrogens (tertiary/aromatic N) is 2. The standard InChI is InChI=1S/C15H20N2O3S2/c1-11-10-17(12(2)18)14-6-5-13(9-15(14)21-11)22(19,20)16-7-3-4-8-16/h5-6,9,11H,3-4,7-8,10H2,1-2H3. The molecule has 1 fully saturated rings. The molecule has 1 aromatic rings. The molecular weight excluding hydrogens is 320 g/mol. The highest BCUT2D eigenvalue weighted by atomic mass is 32.2. The summed E-state index contributed by atoms with van der Waals surface area (Å²) in [6.07, 6.45) is 1.85. The first kappa shape index (κ1) is 15.8. The summed E-state index contributed by atoms with van der Waals surface area (Å²) in [5.74, 6) is -0.0106. The smallest absolute Gasteiger partial charge is 0.243 e. The van der Waals surface area contributed by atoms with E-state index >= 15 is 0 Å². The molecule has 1 unspecified atom stereocenters. The van der Waals surface area contributed by atoms with Gasteiger partial charge < -0.3 is 4.90 Å². The second kappa shape index (κ2) is 5.86. The molecule has 0 N–H and O–H groups in total. The number of hydrogen-bond donors (Lipinski definition) is 0. The second-order valence-electron chi connectivity index (χ2n) is 5.80. The van der Waals surface area contributed by atoms with Gasteiger partial charge in [0, 0.05) is 36.7 Å². The van der Waals surface area contributed by atoms with Crippen LogP contribution in [0.1, 0.15) is 26.7 Å². The highest BCUT2D eigenvalue weighted by Crippen LogP contribution is 2.40. The van der Waals surface area contributed by atoms with Crippen molar-refractivity contribution < 1.29 is 13.2 Å². The Morgan fingerprint density at radius 2 is 1.95 bits per heavy atom. The third kappa shape index (κ3) is 2.77. The number of carbonyl (C=O) groups excluding carboxylic acids is 1. The third-order valence-corrected chi connectivity index (χ3v) is 7.10. The van der Waals surface area contributed by atoms with Gasteiger partial charge in [-0.15, -0.1) is 11.8 Å². The predicted molar refractivity (Wildman–Crippen MR) is 87.8 cm³/mol. The van der Waals surface area contributed by atoms with Gasteiger partial charge in [-0.2, -0.15) is 4.31 Å². The van der Waals surface area contributed by atoms with E-state index in [4.69, 9.17) is 0 Å². The number of amides is 1. The Bertz CT molecular complexity index is 697. The van der Waals surface area contributed by atoms with E-state index in [9.17, 15) is 13.2 Å². The first-order valence-electron chi connectivity index (χ1n) is 7.48. The molecule has 0 saturated carbocycles. The Kier molecular flexibility index (Phi) is 4.22. The number of carbonyl (C=O) groups is 1. The first-order valence-corrected chi connectivity index (χ1v) is 9.80. The summed E-state index contributed by atoms with van der Waals surface area (Å²) in [5, 5.41) is 0.251. The zero-order chi connectivity index (χ0) is 15.9. The zero-order valence-corrected chi connectivity index (χ0v) is 14.4. The fourth-order valence-corrected chi connectivity index (χ4v) is 5.73. The molecule has 0 bridgehead atoms. The van der Waals surface area contributed by atoms with E-state index in [0.717, 1.165) is 23.4 Å². The number of fused-ring (bicyclic) bond motifs is 1. The van der Waals surface area contributed by atoms with Crippen molar-refractivity contribution in [1.82, 2.24) is 4.31 Å². The molecule has 1 aromatic carbocycles. The van der Waals surface area contributed by atoms with E-state index in [2.05, 4.69) is 0 Å². The minimum absolute atomic E-state index is 0.0106. The van der Waals surface area contributed by atoms with Crippen LogP contribution in [0.5, 0.6) is 0 Å². The van der Waals surface area contributed by atoms with Crippen LogP contribution in [0, 0.1) is 0 Å². The number of thioether (sulfide) groups is 1. The van der Waals surface area contributed by atoms with Crippen molar-refractivity contribution in [2.45, 2.75) is 41.7 Å². The average Bonchev–Trinajstić information content (AvgIpc) is 3.00. The maximum atomic E-state index is 12.7. The molecule has 2 heterocycles. The summed E-state index contributed by atoms with van der Waals surface area (Å²) in [6, 6.07) is 5.11. The van der Waals surface area contributed by atoms with Crippen molar-refractivity contribution in [2.75, 3.05) is 24.5 Å². The second-order valence-corrected chi connectivity index (χ2v) is 9.22. The van der Waals surface area contributed by atoms with E-state index in [1.54, 1.807) is 46.1 Å². The Hall–Kier alpha value is -1.05. The van der Waals surface area contributed by atoms with Crippen LogP contribution < -0.4 is 4.90 Å². The molecule has 0 aromatic heterocycles. The van der Waals surface area contributed by atoms with Crippen LogP contribution in [-0.2, 0) is 14.8 Å². The topological polar surface area (TPSA) is 57.7 Å². The van der Waals surface area contributed by atoms with Gasteiger partial charge in [-0.05, 0) is 31.0 Å². The van der Waals surface area contributed by atoms with Gasteiger partial charge in [0.2, 0.25) is 15.9 Å². The highest BCUT2D eigenvalue weighted by Gasteiger charge is 2.30. The van der Waals surface area contributed by atoms with Crippen LogP contribution in [0.2, 0.25) is 0 Å². The number of rotatable bonds is 2. The van der Waals surface area contributed by atoms with Crippen LogP contribution >= 0.6 is 11.8 Å². The summed E-state index contributed by atoms with van der Waals surface area (Å²) >= 11 is 1.63. The van der Waals surface area contributed by atoms with Crippen molar-refractivity contribution in [3.63, 3.8) is 0 Å². The molecule has 1 saturated heterocycles. The Labute approximate surface area is 135 Å². The van der Waals surface area contributed by atoms with Crippen LogP contribution in [0.15, 0.2) is 28.0 Å². The SMILES string of the molecule is CC(=O)N1CC(C)Sc2cc(S(=O)(=O)N3CCCC3)ccc21. The lowest BCUT2D eigenvalue weighted by atomic mass is 10.2. The minimum atomic E-state index is -3.41. The summed E-state index contributed by atoms with van der Waals surface area (Å²) in [6.45, 7) is 5.45. The highest BCUT2D eigenvalue weighted by molar-refractivity contribution is 8.00. The zero-order valence-electron chi connectivity index (χ0n) is 12.8. The van der Waals surface area contributed by atoms with E-state index in [1.807, 2.05) is 6.92 Å². The van der Waals surface area contributed by atoms with Crippen molar-refractivity contribution in [2.24, 2.45) is 0 Å². The van der Waals surface area contributed by atoms with E-state index < -0.39 is 10.0 Å². The molecule has 1 atom stereocenters. The Morgan fingerprint density at radius 1 is 1.27 bits per heavy atom. The van der Waals surface area contributed by atoms with Gasteiger partial charge in [0.05, 0.1) is 10.6 Å². The Morgan fingerprint density at radius 3 is 2.59 bits per heavy atom. The number of hydrogen-bond acceptors (Lipinski definition) is 4. The normalized spacial score (nSPS) is 22.6. The van der Waals surface area contributed by atoms with Gasteiger partial charge in [-0.1, -0.05) is 6.92 Å². The third-order valence-electron chi connectivity index (χ3n) is 4.07. The van der Waals surface area contributed by atoms with Gasteiger partial charge in [-0.3, -0.25) is 4.79 Å². The number of benzene rings is 1. The summed E-state index contributed by atoms with van der Waals surface area (Å²) < 4.78 is 26.9. The maximum Gasteiger partial charge on any atom is 0.243 e. The van der Waals surface area contributed by atoms with Crippen LogP contribution in [0.25, 0.3) is 0 Å². The molecule has 0 spiro atoms. The molecule has 5 nitrogen and oxygen atoms in total. The largest absolute Gasteiger partial charge is 0.310 e. The first-order chi connectivity index (χ1) is 10.4. The van der Waals surface area contributed by atoms with E-state index in [1.165, 1.54) is 0 Å². The fraction of sp³-hybridized carbons (Fsp3) is 0.533. The van der Waals surface area contributed by atoms with Gasteiger partial charge in [-0.25, -0.2) is 8.42 Å². The lowest BCUT2D eigenvalue weighted by Crippen LogP contribution is -2.37. The molecule has 3 rings (SSSR count). The molecule has 2 aliphatic heterocycles. The van der Waals surface area contributed by atoms with Crippen molar-refractivity contribution >= 4 is 33.4 Å². The lowest BCUT2D eigenvalue weighted by Gasteiger charge is -2.32. The predicted octanol–water partition coefficient (Wildman–Crippen LogP) is 2.32. The summed E-state index contributed by atoms with van der Waals surface area (Å²) in [5.41, 5.74) is 0.816. The van der Waals surface area contributed by atoms with Crippen LogP contribution in [0.3, 0.4) is 0 Å². The minimum Gasteiger partial charge on any atom is -0.310 e. The summed E-state index contributed by atoms with van der Waals surface area (Å²) in [7, 11) is -3.41. The molecule has 120 valence electrons. The van der Waals surface area contributed by atoms with Crippen LogP contribution in [-0.4, -0.2) is 43.5 Å². The number of sulfonamides is 1. The monoisotopic (exact) mass is 340 g/mol. The molecule has 7 heteroatoms.